The molecule has 0 unspecified atom stereocenters. The summed E-state index contributed by atoms with van der Waals surface area (Å²) in [5.41, 5.74) is -0.0787. The second kappa shape index (κ2) is 9.33. The predicted octanol–water partition coefficient (Wildman–Crippen LogP) is 4.19. The van der Waals surface area contributed by atoms with E-state index in [0.29, 0.717) is 11.1 Å². The molecule has 8 heteroatoms. The third-order valence-corrected chi connectivity index (χ3v) is 5.32. The van der Waals surface area contributed by atoms with Gasteiger partial charge in [0.05, 0.1) is 16.3 Å². The highest BCUT2D eigenvalue weighted by molar-refractivity contribution is 6.30. The molecule has 0 bridgehead atoms. The Morgan fingerprint density at radius 1 is 1.17 bits per heavy atom. The molecular weight excluding hydrogens is 395 g/mol. The average Bonchev–Trinajstić information content (AvgIpc) is 2.69. The van der Waals surface area contributed by atoms with Crippen LogP contribution in [0.25, 0.3) is 0 Å². The molecule has 29 heavy (non-hydrogen) atoms. The van der Waals surface area contributed by atoms with Gasteiger partial charge in [-0.25, -0.2) is 9.37 Å². The van der Waals surface area contributed by atoms with Crippen LogP contribution in [0.1, 0.15) is 37.0 Å². The first-order valence-electron chi connectivity index (χ1n) is 9.61. The lowest BCUT2D eigenvalue weighted by atomic mass is 9.95. The van der Waals surface area contributed by atoms with Crippen LogP contribution in [-0.4, -0.2) is 40.8 Å². The number of benzene rings is 1. The first kappa shape index (κ1) is 21.2. The molecule has 0 atom stereocenters. The molecule has 1 saturated heterocycles. The molecule has 2 N–H and O–H groups in total. The largest absolute Gasteiger partial charge is 0.325 e. The number of rotatable bonds is 5. The minimum atomic E-state index is -0.719. The second-order valence-electron chi connectivity index (χ2n) is 7.37. The minimum absolute atomic E-state index is 0.146. The zero-order valence-electron chi connectivity index (χ0n) is 16.4. The molecule has 2 amide bonds. The van der Waals surface area contributed by atoms with E-state index in [0.717, 1.165) is 25.9 Å². The third kappa shape index (κ3) is 5.31. The molecule has 0 spiro atoms. The molecule has 1 aliphatic rings. The molecule has 1 aliphatic heterocycles. The number of likely N-dealkylation sites (tertiary alicyclic amines) is 1. The monoisotopic (exact) mass is 418 g/mol. The van der Waals surface area contributed by atoms with Crippen LogP contribution < -0.4 is 10.6 Å². The normalized spacial score (nSPS) is 15.3. The Hall–Kier alpha value is -2.51. The summed E-state index contributed by atoms with van der Waals surface area (Å²) >= 11 is 5.79. The molecule has 3 rings (SSSR count). The van der Waals surface area contributed by atoms with Crippen molar-refractivity contribution in [2.24, 2.45) is 5.92 Å². The summed E-state index contributed by atoms with van der Waals surface area (Å²) in [6.07, 6.45) is 2.84. The van der Waals surface area contributed by atoms with Crippen LogP contribution in [0.15, 0.2) is 36.5 Å². The zero-order chi connectivity index (χ0) is 21.0. The number of anilines is 2. The average molecular weight is 419 g/mol. The lowest BCUT2D eigenvalue weighted by molar-refractivity contribution is -0.121. The van der Waals surface area contributed by atoms with Crippen LogP contribution in [0.2, 0.25) is 5.02 Å². The number of pyridine rings is 1. The zero-order valence-corrected chi connectivity index (χ0v) is 17.2. The van der Waals surface area contributed by atoms with Crippen molar-refractivity contribution in [3.63, 3.8) is 0 Å². The SMILES string of the molecule is CC(C)N1CCC(C(=O)Nc2cccc(F)c2C(=O)Nc2ccc(Cl)cn2)CC1. The standard InChI is InChI=1S/C21H24ClFN4O2/c1-13(2)27-10-8-14(9-11-27)20(28)25-17-5-3-4-16(23)19(17)21(29)26-18-7-6-15(22)12-24-18/h3-7,12-14H,8-11H2,1-2H3,(H,25,28)(H,24,26,29). The molecule has 0 radical (unpaired) electrons. The van der Waals surface area contributed by atoms with E-state index >= 15 is 0 Å². The molecule has 2 aromatic rings. The number of nitrogens with one attached hydrogen (secondary N) is 2. The lowest BCUT2D eigenvalue weighted by Gasteiger charge is -2.34. The second-order valence-corrected chi connectivity index (χ2v) is 7.81. The fraction of sp³-hybridized carbons (Fsp3) is 0.381. The maximum atomic E-state index is 14.4. The number of hydrogen-bond donors (Lipinski definition) is 2. The minimum Gasteiger partial charge on any atom is -0.325 e. The topological polar surface area (TPSA) is 74.3 Å². The Morgan fingerprint density at radius 2 is 1.90 bits per heavy atom. The Bertz CT molecular complexity index is 881. The number of carbonyl (C=O) groups excluding carboxylic acids is 2. The maximum Gasteiger partial charge on any atom is 0.261 e. The summed E-state index contributed by atoms with van der Waals surface area (Å²) in [4.78, 5) is 31.7. The summed E-state index contributed by atoms with van der Waals surface area (Å²) in [5.74, 6) is -1.53. The Balaban J connectivity index is 1.72. The number of aromatic nitrogens is 1. The van der Waals surface area contributed by atoms with Crippen molar-refractivity contribution in [3.05, 3.63) is 52.9 Å². The maximum absolute atomic E-state index is 14.4. The van der Waals surface area contributed by atoms with E-state index in [1.54, 1.807) is 6.07 Å². The summed E-state index contributed by atoms with van der Waals surface area (Å²) in [6, 6.07) is 7.69. The van der Waals surface area contributed by atoms with Crippen molar-refractivity contribution in [2.75, 3.05) is 23.7 Å². The Kier molecular flexibility index (Phi) is 6.82. The molecule has 154 valence electrons. The molecule has 1 fully saturated rings. The number of halogens is 2. The van der Waals surface area contributed by atoms with Gasteiger partial charge in [-0.2, -0.15) is 0 Å². The van der Waals surface area contributed by atoms with Crippen LogP contribution >= 0.6 is 11.6 Å². The van der Waals surface area contributed by atoms with Crippen molar-refractivity contribution >= 4 is 34.9 Å². The number of amides is 2. The van der Waals surface area contributed by atoms with Gasteiger partial charge in [-0.3, -0.25) is 9.59 Å². The van der Waals surface area contributed by atoms with Gasteiger partial charge in [-0.15, -0.1) is 0 Å². The van der Waals surface area contributed by atoms with Gasteiger partial charge in [-0.05, 0) is 64.0 Å². The smallest absolute Gasteiger partial charge is 0.261 e. The van der Waals surface area contributed by atoms with E-state index in [4.69, 9.17) is 11.6 Å². The van der Waals surface area contributed by atoms with Crippen molar-refractivity contribution in [1.29, 1.82) is 0 Å². The van der Waals surface area contributed by atoms with Gasteiger partial charge in [0.15, 0.2) is 0 Å². The fourth-order valence-corrected chi connectivity index (χ4v) is 3.51. The summed E-state index contributed by atoms with van der Waals surface area (Å²) in [5, 5.41) is 5.69. The van der Waals surface area contributed by atoms with E-state index in [2.05, 4.69) is 34.4 Å². The highest BCUT2D eigenvalue weighted by Crippen LogP contribution is 2.24. The van der Waals surface area contributed by atoms with Gasteiger partial charge in [0.1, 0.15) is 11.6 Å². The van der Waals surface area contributed by atoms with Crippen LogP contribution in [0.4, 0.5) is 15.9 Å². The molecule has 0 saturated carbocycles. The highest BCUT2D eigenvalue weighted by atomic mass is 35.5. The number of piperidine rings is 1. The van der Waals surface area contributed by atoms with Crippen molar-refractivity contribution in [1.82, 2.24) is 9.88 Å². The summed E-state index contributed by atoms with van der Waals surface area (Å²) < 4.78 is 14.4. The summed E-state index contributed by atoms with van der Waals surface area (Å²) in [7, 11) is 0. The van der Waals surface area contributed by atoms with Gasteiger partial charge >= 0.3 is 0 Å². The van der Waals surface area contributed by atoms with Crippen LogP contribution in [0, 0.1) is 11.7 Å². The first-order chi connectivity index (χ1) is 13.8. The van der Waals surface area contributed by atoms with Gasteiger partial charge in [-0.1, -0.05) is 17.7 Å². The molecule has 0 aliphatic carbocycles. The van der Waals surface area contributed by atoms with Crippen LogP contribution in [0.5, 0.6) is 0 Å². The van der Waals surface area contributed by atoms with E-state index in [1.807, 2.05) is 0 Å². The third-order valence-electron chi connectivity index (χ3n) is 5.10. The van der Waals surface area contributed by atoms with E-state index in [-0.39, 0.29) is 28.9 Å². The number of nitrogens with zero attached hydrogens (tertiary/aromatic N) is 2. The van der Waals surface area contributed by atoms with Gasteiger partial charge < -0.3 is 15.5 Å². The van der Waals surface area contributed by atoms with Crippen molar-refractivity contribution < 1.29 is 14.0 Å². The van der Waals surface area contributed by atoms with Crippen molar-refractivity contribution in [3.8, 4) is 0 Å². The van der Waals surface area contributed by atoms with E-state index < -0.39 is 11.7 Å². The number of hydrogen-bond acceptors (Lipinski definition) is 4. The van der Waals surface area contributed by atoms with E-state index in [9.17, 15) is 14.0 Å². The first-order valence-corrected chi connectivity index (χ1v) is 9.99. The molecule has 1 aromatic heterocycles. The molecule has 1 aromatic carbocycles. The van der Waals surface area contributed by atoms with Gasteiger partial charge in [0.2, 0.25) is 5.91 Å². The van der Waals surface area contributed by atoms with Gasteiger partial charge in [0, 0.05) is 18.2 Å². The Labute approximate surface area is 174 Å². The van der Waals surface area contributed by atoms with E-state index in [1.165, 1.54) is 30.5 Å². The van der Waals surface area contributed by atoms with Gasteiger partial charge in [0.25, 0.3) is 5.91 Å². The lowest BCUT2D eigenvalue weighted by Crippen LogP contribution is -2.41. The molecule has 2 heterocycles. The van der Waals surface area contributed by atoms with Crippen molar-refractivity contribution in [2.45, 2.75) is 32.7 Å². The fourth-order valence-electron chi connectivity index (χ4n) is 3.40. The summed E-state index contributed by atoms with van der Waals surface area (Å²) in [6.45, 7) is 5.95. The number of carbonyl (C=O) groups is 2. The Morgan fingerprint density at radius 3 is 2.52 bits per heavy atom. The van der Waals surface area contributed by atoms with Crippen LogP contribution in [-0.2, 0) is 4.79 Å². The van der Waals surface area contributed by atoms with Crippen LogP contribution in [0.3, 0.4) is 0 Å². The predicted molar refractivity (Wildman–Crippen MR) is 112 cm³/mol. The highest BCUT2D eigenvalue weighted by Gasteiger charge is 2.27. The quantitative estimate of drug-likeness (QED) is 0.763. The molecule has 6 nitrogen and oxygen atoms in total. The molecular formula is C21H24ClFN4O2.